The summed E-state index contributed by atoms with van der Waals surface area (Å²) in [4.78, 5) is 0. The Morgan fingerprint density at radius 2 is 2.06 bits per heavy atom. The van der Waals surface area contributed by atoms with Crippen molar-refractivity contribution in [1.82, 2.24) is 13.7 Å². The minimum absolute atomic E-state index is 0. The fraction of sp³-hybridized carbons (Fsp3) is 0.536. The third-order valence-corrected chi connectivity index (χ3v) is 10.2. The van der Waals surface area contributed by atoms with Crippen LogP contribution in [0.2, 0.25) is 0 Å². The zero-order valence-electron chi connectivity index (χ0n) is 21.7. The third-order valence-electron chi connectivity index (χ3n) is 7.13. The number of aromatic amines is 1. The normalized spacial score (nSPS) is 27.3. The van der Waals surface area contributed by atoms with Crippen LogP contribution < -0.4 is 8.79 Å². The molecule has 0 amide bonds. The van der Waals surface area contributed by atoms with Crippen LogP contribution >= 0.6 is 0 Å². The smallest absolute Gasteiger partial charge is 0 e. The van der Waals surface area contributed by atoms with Crippen LogP contribution in [0.15, 0.2) is 63.4 Å². The van der Waals surface area contributed by atoms with Gasteiger partial charge in [0, 0.05) is 8.41 Å². The summed E-state index contributed by atoms with van der Waals surface area (Å²) in [6.07, 6.45) is 13.2. The van der Waals surface area contributed by atoms with Gasteiger partial charge in [-0.15, -0.1) is 0 Å². The first-order valence-electron chi connectivity index (χ1n) is 12.5. The van der Waals surface area contributed by atoms with Crippen LogP contribution in [0.3, 0.4) is 0 Å². The zero-order valence-corrected chi connectivity index (χ0v) is 24.3. The van der Waals surface area contributed by atoms with Crippen LogP contribution in [0.5, 0.6) is 0 Å². The van der Waals surface area contributed by atoms with Gasteiger partial charge in [-0.3, -0.25) is 0 Å². The molecule has 35 heavy (non-hydrogen) atoms. The summed E-state index contributed by atoms with van der Waals surface area (Å²) in [5.41, 5.74) is 4.58. The molecule has 0 bridgehead atoms. The molecule has 2 fully saturated rings. The van der Waals surface area contributed by atoms with Crippen molar-refractivity contribution in [2.45, 2.75) is 66.0 Å². The molecular formula is C28H39BFN4Sb. The second-order valence-corrected chi connectivity index (χ2v) is 14.2. The molecule has 1 aliphatic heterocycles. The topological polar surface area (TPSA) is 52.7 Å². The van der Waals surface area contributed by atoms with E-state index in [2.05, 4.69) is 84.5 Å². The molecule has 3 aliphatic rings. The van der Waals surface area contributed by atoms with Crippen molar-refractivity contribution in [3.05, 3.63) is 69.1 Å². The Labute approximate surface area is 223 Å². The van der Waals surface area contributed by atoms with Gasteiger partial charge in [0.1, 0.15) is 0 Å². The van der Waals surface area contributed by atoms with E-state index in [0.717, 1.165) is 25.1 Å². The largest absolute Gasteiger partial charge is 0.0561 e. The number of hydrogen-bond acceptors (Lipinski definition) is 3. The van der Waals surface area contributed by atoms with E-state index in [-0.39, 0.29) is 19.7 Å². The van der Waals surface area contributed by atoms with Gasteiger partial charge in [0.05, 0.1) is 0 Å². The average Bonchev–Trinajstić information content (AvgIpc) is 3.52. The molecule has 2 heterocycles. The molecule has 186 valence electrons. The molecule has 4 atom stereocenters. The Balaban J connectivity index is 0.00000342. The molecule has 0 aromatic carbocycles. The molecule has 4 unspecified atom stereocenters. The van der Waals surface area contributed by atoms with Crippen molar-refractivity contribution >= 4 is 36.1 Å². The fourth-order valence-electron chi connectivity index (χ4n) is 5.20. The van der Waals surface area contributed by atoms with Gasteiger partial charge in [-0.2, -0.15) is 0 Å². The fourth-order valence-corrected chi connectivity index (χ4v) is 8.08. The van der Waals surface area contributed by atoms with E-state index < -0.39 is 28.1 Å². The maximum atomic E-state index is 15.0. The molecule has 4 rings (SSSR count). The summed E-state index contributed by atoms with van der Waals surface area (Å²) < 4.78 is 19.7. The minimum atomic E-state index is -0.973. The molecular weight excluding hydrogens is 544 g/mol. The number of anilines is 1. The number of hydrogen-bond donors (Lipinski definition) is 3. The van der Waals surface area contributed by atoms with Crippen LogP contribution in [0.25, 0.3) is 0 Å². The number of alkyl halides is 1. The van der Waals surface area contributed by atoms with E-state index in [9.17, 15) is 0 Å². The summed E-state index contributed by atoms with van der Waals surface area (Å²) in [7, 11) is 0. The Bertz CT molecular complexity index is 1030. The Morgan fingerprint density at radius 1 is 1.29 bits per heavy atom. The number of halogens is 1. The molecule has 1 saturated carbocycles. The first kappa shape index (κ1) is 28.1. The van der Waals surface area contributed by atoms with E-state index in [1.165, 1.54) is 21.1 Å². The van der Waals surface area contributed by atoms with Gasteiger partial charge in [-0.25, -0.2) is 0 Å². The SMILES string of the molecule is C=C/C(=C\C(=C/C(C)C)C1CCC(c2cc(NC3=CC=[C]4[Sb][NH]CC4C3F)n[nH]2)C1)C(C)(C)C.[B]. The van der Waals surface area contributed by atoms with Gasteiger partial charge in [0.15, 0.2) is 0 Å². The number of H-pyrrole nitrogens is 1. The second-order valence-electron chi connectivity index (χ2n) is 11.2. The molecule has 1 saturated heterocycles. The van der Waals surface area contributed by atoms with E-state index in [4.69, 9.17) is 0 Å². The first-order chi connectivity index (χ1) is 16.2. The summed E-state index contributed by atoms with van der Waals surface area (Å²) in [5.74, 6) is 2.20. The summed E-state index contributed by atoms with van der Waals surface area (Å²) in [5, 5.41) is 11.0. The van der Waals surface area contributed by atoms with Crippen LogP contribution in [-0.4, -0.2) is 53.2 Å². The molecule has 7 heteroatoms. The standard InChI is InChI=1S/C28H39FN4.B.Sb/c1-7-23(28(4,5)6)15-22(13-18(2)3)19-11-12-20(14-19)25-16-26(33-32-25)31-24-10-8-9-21(17-30)27(24)29;;/h7-8,10,13,15-16,18-21,27,30H,1,11-12,14,17H2,2-6H3,(H2,31,32,33);;/q-1;;+1/b22-13+,23-15+;;. The van der Waals surface area contributed by atoms with Gasteiger partial charge in [0.25, 0.3) is 0 Å². The van der Waals surface area contributed by atoms with Gasteiger partial charge < -0.3 is 0 Å². The van der Waals surface area contributed by atoms with Crippen molar-refractivity contribution in [2.75, 3.05) is 11.9 Å². The Kier molecular flexibility index (Phi) is 9.37. The van der Waals surface area contributed by atoms with Crippen molar-refractivity contribution in [2.24, 2.45) is 23.2 Å². The van der Waals surface area contributed by atoms with Crippen LogP contribution in [-0.2, 0) is 0 Å². The van der Waals surface area contributed by atoms with Crippen LogP contribution in [0, 0.1) is 23.2 Å². The van der Waals surface area contributed by atoms with E-state index in [1.807, 2.05) is 12.2 Å². The first-order valence-corrected chi connectivity index (χ1v) is 15.1. The predicted molar refractivity (Wildman–Crippen MR) is 147 cm³/mol. The molecule has 4 radical (unpaired) electrons. The zero-order chi connectivity index (χ0) is 24.5. The van der Waals surface area contributed by atoms with Gasteiger partial charge in [-0.05, 0) is 16.9 Å². The Morgan fingerprint density at radius 3 is 2.74 bits per heavy atom. The maximum Gasteiger partial charge on any atom is 0 e. The van der Waals surface area contributed by atoms with Crippen molar-refractivity contribution < 1.29 is 4.39 Å². The summed E-state index contributed by atoms with van der Waals surface area (Å²) >= 11 is -0.554. The van der Waals surface area contributed by atoms with Gasteiger partial charge >= 0.3 is 140 Å². The Hall–Kier alpha value is -1.52. The molecule has 0 spiro atoms. The number of allylic oxidation sites excluding steroid dienone is 8. The number of rotatable bonds is 7. The van der Waals surface area contributed by atoms with Crippen LogP contribution in [0.1, 0.15) is 65.5 Å². The number of fused-ring (bicyclic) bond motifs is 1. The van der Waals surface area contributed by atoms with Crippen molar-refractivity contribution in [1.29, 1.82) is 0 Å². The summed E-state index contributed by atoms with van der Waals surface area (Å²) in [6, 6.07) is 2.08. The second kappa shape index (κ2) is 11.7. The molecule has 1 aromatic heterocycles. The predicted octanol–water partition coefficient (Wildman–Crippen LogP) is 6.02. The van der Waals surface area contributed by atoms with Gasteiger partial charge in [0.2, 0.25) is 0 Å². The number of nitrogens with one attached hydrogen (secondary N) is 3. The minimum Gasteiger partial charge on any atom is -0.0561 e. The molecule has 3 N–H and O–H groups in total. The molecule has 2 aliphatic carbocycles. The average molecular weight is 583 g/mol. The molecule has 4 nitrogen and oxygen atoms in total. The number of nitrogens with zero attached hydrogens (tertiary/aromatic N) is 1. The maximum absolute atomic E-state index is 15.0. The third kappa shape index (κ3) is 6.63. The quantitative estimate of drug-likeness (QED) is 0.272. The van der Waals surface area contributed by atoms with E-state index in [1.54, 1.807) is 0 Å². The van der Waals surface area contributed by atoms with Crippen molar-refractivity contribution in [3.63, 3.8) is 0 Å². The number of aromatic nitrogens is 2. The summed E-state index contributed by atoms with van der Waals surface area (Å²) in [6.45, 7) is 16.1. The van der Waals surface area contributed by atoms with Crippen LogP contribution in [0.4, 0.5) is 10.2 Å². The monoisotopic (exact) mass is 582 g/mol. The molecule has 1 aromatic rings. The van der Waals surface area contributed by atoms with Gasteiger partial charge in [-0.1, -0.05) is 59.4 Å². The van der Waals surface area contributed by atoms with E-state index in [0.29, 0.717) is 29.3 Å². The van der Waals surface area contributed by atoms with E-state index >= 15 is 4.39 Å². The van der Waals surface area contributed by atoms with Crippen molar-refractivity contribution in [3.8, 4) is 0 Å².